The van der Waals surface area contributed by atoms with E-state index in [1.165, 1.54) is 12.5 Å². The zero-order valence-corrected chi connectivity index (χ0v) is 33.4. The van der Waals surface area contributed by atoms with Gasteiger partial charge in [-0.05, 0) is 109 Å². The lowest BCUT2D eigenvalue weighted by molar-refractivity contribution is -0.253. The number of ether oxygens (including phenoxy) is 2. The van der Waals surface area contributed by atoms with E-state index in [1.54, 1.807) is 4.68 Å². The van der Waals surface area contributed by atoms with Crippen LogP contribution in [0.15, 0.2) is 11.6 Å². The smallest absolute Gasteiger partial charge is 0.307 e. The second kappa shape index (κ2) is 12.9. The molecule has 2 heterocycles. The first-order valence-electron chi connectivity index (χ1n) is 19.6. The van der Waals surface area contributed by atoms with E-state index in [4.69, 9.17) is 9.47 Å². The minimum absolute atomic E-state index is 0.186. The van der Waals surface area contributed by atoms with E-state index in [9.17, 15) is 14.7 Å². The van der Waals surface area contributed by atoms with Crippen molar-refractivity contribution in [3.63, 3.8) is 0 Å². The first kappa shape index (κ1) is 38.4. The topological polar surface area (TPSA) is 140 Å². The number of nitrogens with zero attached hydrogens (tertiary/aromatic N) is 4. The zero-order chi connectivity index (χ0) is 37.5. The maximum absolute atomic E-state index is 13.5. The summed E-state index contributed by atoms with van der Waals surface area (Å²) in [5, 5.41) is 30.3. The minimum atomic E-state index is -0.646. The van der Waals surface area contributed by atoms with E-state index in [-0.39, 0.29) is 57.1 Å². The van der Waals surface area contributed by atoms with Crippen molar-refractivity contribution < 1.29 is 24.2 Å². The van der Waals surface area contributed by atoms with Crippen molar-refractivity contribution in [2.24, 2.45) is 62.6 Å². The van der Waals surface area contributed by atoms with Crippen LogP contribution in [0, 0.1) is 62.6 Å². The molecule has 286 valence electrons. The van der Waals surface area contributed by atoms with Gasteiger partial charge < -0.3 is 19.9 Å². The summed E-state index contributed by atoms with van der Waals surface area (Å²) < 4.78 is 15.7. The average molecular weight is 711 g/mol. The van der Waals surface area contributed by atoms with Crippen LogP contribution >= 0.6 is 0 Å². The molecule has 1 amide bonds. The van der Waals surface area contributed by atoms with Gasteiger partial charge in [0.05, 0.1) is 37.9 Å². The van der Waals surface area contributed by atoms with Crippen LogP contribution in [0.25, 0.3) is 0 Å². The average Bonchev–Trinajstić information content (AvgIpc) is 3.50. The molecule has 4 fully saturated rings. The van der Waals surface area contributed by atoms with Crippen molar-refractivity contribution in [3.05, 3.63) is 11.6 Å². The normalized spacial score (nSPS) is 42.2. The van der Waals surface area contributed by atoms with Crippen LogP contribution in [-0.4, -0.2) is 75.7 Å². The number of aromatic nitrogens is 4. The van der Waals surface area contributed by atoms with Gasteiger partial charge in [0.2, 0.25) is 11.9 Å². The number of allylic oxidation sites excluding steroid dienone is 1. The Hall–Kier alpha value is -2.37. The summed E-state index contributed by atoms with van der Waals surface area (Å²) in [4.78, 5) is 25.8. The number of carboxylic acid groups (broad SMARTS) is 1. The third kappa shape index (κ3) is 5.47. The molecule has 11 heteroatoms. The summed E-state index contributed by atoms with van der Waals surface area (Å²) in [6, 6.07) is -0.255. The van der Waals surface area contributed by atoms with E-state index in [0.29, 0.717) is 49.9 Å². The first-order valence-corrected chi connectivity index (χ1v) is 19.6. The number of carbonyl (C=O) groups excluding carboxylic acids is 1. The van der Waals surface area contributed by atoms with Crippen molar-refractivity contribution in [3.8, 4) is 0 Å². The van der Waals surface area contributed by atoms with Crippen LogP contribution in [0.2, 0.25) is 0 Å². The molecule has 0 spiro atoms. The van der Waals surface area contributed by atoms with Gasteiger partial charge in [0.25, 0.3) is 0 Å². The number of carboxylic acids is 1. The Bertz CT molecular complexity index is 1540. The minimum Gasteiger partial charge on any atom is -0.481 e. The molecule has 4 aliphatic carbocycles. The van der Waals surface area contributed by atoms with Gasteiger partial charge >= 0.3 is 5.97 Å². The molecule has 1 aliphatic heterocycles. The molecule has 5 aliphatic rings. The van der Waals surface area contributed by atoms with E-state index in [1.807, 2.05) is 7.05 Å². The van der Waals surface area contributed by atoms with E-state index in [2.05, 4.69) is 101 Å². The number of hydrogen-bond donors (Lipinski definition) is 3. The number of nitrogens with one attached hydrogen (secondary N) is 2. The second-order valence-electron chi connectivity index (χ2n) is 19.3. The second-order valence-corrected chi connectivity index (χ2v) is 19.3. The van der Waals surface area contributed by atoms with Gasteiger partial charge in [0.1, 0.15) is 0 Å². The molecule has 0 radical (unpaired) electrons. The number of carbonyl (C=O) groups is 2. The van der Waals surface area contributed by atoms with Gasteiger partial charge in [-0.1, -0.05) is 79.1 Å². The predicted octanol–water partition coefficient (Wildman–Crippen LogP) is 6.78. The lowest BCUT2D eigenvalue weighted by atomic mass is 9.34. The first-order chi connectivity index (χ1) is 23.8. The van der Waals surface area contributed by atoms with Crippen molar-refractivity contribution in [1.82, 2.24) is 25.5 Å². The monoisotopic (exact) mass is 711 g/mol. The molecular weight excluding hydrogens is 644 g/mol. The van der Waals surface area contributed by atoms with Crippen molar-refractivity contribution >= 4 is 17.8 Å². The standard InChI is InChI=1S/C40H66N6O5/c1-23(2)25(5)35(7)17-18-37(9)27-13-14-30-36(8)20-50-22-40(30,28(27)15-16-38(37,10)31(35)33(48)49)19-29(46-34(42-26(6)47)43-44-45-46)32(36)51-21-39(11,41-12)24(3)4/h15,23-25,27,29-32,41H,13-14,16-22H2,1-12H3,(H,48,49)(H,42,43,45,47)/t25-,27+,29-,30+,31?,32+,35-,36?,37-,38+,39+,40+/m1/s1. The molecular formula is C40H66N6O5. The fourth-order valence-electron chi connectivity index (χ4n) is 12.6. The van der Waals surface area contributed by atoms with Gasteiger partial charge in [-0.25, -0.2) is 4.68 Å². The summed E-state index contributed by atoms with van der Waals surface area (Å²) in [6.07, 6.45) is 7.62. The summed E-state index contributed by atoms with van der Waals surface area (Å²) in [5.41, 5.74) is -0.324. The molecule has 2 unspecified atom stereocenters. The molecule has 51 heavy (non-hydrogen) atoms. The van der Waals surface area contributed by atoms with E-state index >= 15 is 0 Å². The maximum Gasteiger partial charge on any atom is 0.307 e. The number of hydrogen-bond acceptors (Lipinski definition) is 8. The van der Waals surface area contributed by atoms with Gasteiger partial charge in [-0.15, -0.1) is 0 Å². The Morgan fingerprint density at radius 2 is 1.80 bits per heavy atom. The molecule has 1 saturated heterocycles. The SMILES string of the molecule is CN[C@@](C)(CO[C@H]1[C@H](n2nnnc2NC(C)=O)C[C@@]23COCC1(C)[C@@H]2CC[C@H]1C3=CC[C@@]2(C)C(C(=O)O)[C@@](C)([C@H](C)C(C)C)CC[C@]12C)C(C)C. The maximum atomic E-state index is 13.5. The number of amides is 1. The summed E-state index contributed by atoms with van der Waals surface area (Å²) in [7, 11) is 1.99. The van der Waals surface area contributed by atoms with Crippen molar-refractivity contribution in [1.29, 1.82) is 0 Å². The lowest BCUT2D eigenvalue weighted by Gasteiger charge is -2.71. The summed E-state index contributed by atoms with van der Waals surface area (Å²) >= 11 is 0. The largest absolute Gasteiger partial charge is 0.481 e. The quantitative estimate of drug-likeness (QED) is 0.224. The molecule has 11 nitrogen and oxygen atoms in total. The molecule has 0 aromatic carbocycles. The molecule has 12 atom stereocenters. The Kier molecular flexibility index (Phi) is 9.70. The Balaban J connectivity index is 1.47. The van der Waals surface area contributed by atoms with Gasteiger partial charge in [0, 0.05) is 23.3 Å². The van der Waals surface area contributed by atoms with Crippen molar-refractivity contribution in [2.45, 2.75) is 132 Å². The molecule has 1 aromatic rings. The number of rotatable bonds is 10. The molecule has 1 aromatic heterocycles. The number of anilines is 1. The van der Waals surface area contributed by atoms with E-state index < -0.39 is 17.3 Å². The number of likely N-dealkylation sites (N-methyl/N-ethyl adjacent to an activating group) is 1. The van der Waals surface area contributed by atoms with Crippen LogP contribution < -0.4 is 10.6 Å². The molecule has 2 bridgehead atoms. The highest BCUT2D eigenvalue weighted by molar-refractivity contribution is 5.86. The van der Waals surface area contributed by atoms with Crippen LogP contribution in [0.4, 0.5) is 5.95 Å². The highest BCUT2D eigenvalue weighted by Gasteiger charge is 2.72. The van der Waals surface area contributed by atoms with Crippen LogP contribution in [0.3, 0.4) is 0 Å². The Morgan fingerprint density at radius 3 is 2.41 bits per heavy atom. The fourth-order valence-corrected chi connectivity index (χ4v) is 12.6. The molecule has 3 saturated carbocycles. The number of fused-ring (bicyclic) bond motifs is 3. The van der Waals surface area contributed by atoms with Crippen LogP contribution in [0.5, 0.6) is 0 Å². The highest BCUT2D eigenvalue weighted by atomic mass is 16.5. The van der Waals surface area contributed by atoms with Gasteiger partial charge in [-0.3, -0.25) is 14.9 Å². The molecule has 3 N–H and O–H groups in total. The number of tetrazole rings is 1. The van der Waals surface area contributed by atoms with E-state index in [0.717, 1.165) is 32.1 Å². The highest BCUT2D eigenvalue weighted by Crippen LogP contribution is 2.75. The number of aliphatic carboxylic acids is 1. The summed E-state index contributed by atoms with van der Waals surface area (Å²) in [5.74, 6) is 0.592. The predicted molar refractivity (Wildman–Crippen MR) is 197 cm³/mol. The third-order valence-electron chi connectivity index (χ3n) is 16.6. The van der Waals surface area contributed by atoms with Gasteiger partial charge in [-0.2, -0.15) is 0 Å². The van der Waals surface area contributed by atoms with Crippen LogP contribution in [0.1, 0.15) is 121 Å². The lowest BCUT2D eigenvalue weighted by Crippen LogP contribution is -2.69. The Morgan fingerprint density at radius 1 is 1.10 bits per heavy atom. The van der Waals surface area contributed by atoms with Gasteiger partial charge in [0.15, 0.2) is 0 Å². The van der Waals surface area contributed by atoms with Crippen LogP contribution in [-0.2, 0) is 19.1 Å². The van der Waals surface area contributed by atoms with Crippen molar-refractivity contribution in [2.75, 3.05) is 32.2 Å². The fraction of sp³-hybridized carbons (Fsp3) is 0.875. The summed E-state index contributed by atoms with van der Waals surface area (Å²) in [6.45, 7) is 25.9. The zero-order valence-electron chi connectivity index (χ0n) is 33.4. The Labute approximate surface area is 305 Å². The third-order valence-corrected chi connectivity index (χ3v) is 16.6. The molecule has 6 rings (SSSR count).